The minimum Gasteiger partial charge on any atom is -0.489 e. The monoisotopic (exact) mass is 512 g/mol. The lowest BCUT2D eigenvalue weighted by molar-refractivity contribution is -0.117. The van der Waals surface area contributed by atoms with E-state index in [0.717, 1.165) is 12.1 Å². The van der Waals surface area contributed by atoms with Crippen LogP contribution in [0.2, 0.25) is 0 Å². The Kier molecular flexibility index (Phi) is 8.69. The summed E-state index contributed by atoms with van der Waals surface area (Å²) in [7, 11) is 1.65. The first kappa shape index (κ1) is 22.9. The first-order valence-corrected chi connectivity index (χ1v) is 9.32. The molecule has 0 bridgehead atoms. The van der Waals surface area contributed by atoms with Gasteiger partial charge < -0.3 is 20.3 Å². The summed E-state index contributed by atoms with van der Waals surface area (Å²) in [5.74, 6) is 0.827. The van der Waals surface area contributed by atoms with Crippen LogP contribution in [0.5, 0.6) is 5.75 Å². The number of hydrogen-bond donors (Lipinski definition) is 2. The molecule has 1 atom stereocenters. The zero-order chi connectivity index (χ0) is 19.9. The van der Waals surface area contributed by atoms with Gasteiger partial charge in [0.2, 0.25) is 5.91 Å². The number of para-hydroxylation sites is 1. The van der Waals surface area contributed by atoms with Crippen LogP contribution in [0.15, 0.2) is 53.5 Å². The Bertz CT molecular complexity index is 845. The Morgan fingerprint density at radius 3 is 2.66 bits per heavy atom. The molecule has 156 valence electrons. The van der Waals surface area contributed by atoms with Crippen molar-refractivity contribution in [1.29, 1.82) is 0 Å². The zero-order valence-electron chi connectivity index (χ0n) is 16.5. The Morgan fingerprint density at radius 1 is 1.21 bits per heavy atom. The van der Waals surface area contributed by atoms with E-state index < -0.39 is 0 Å². The highest BCUT2D eigenvalue weighted by Crippen LogP contribution is 2.27. The zero-order valence-corrected chi connectivity index (χ0v) is 18.9. The molecule has 1 amide bonds. The third-order valence-electron chi connectivity index (χ3n) is 4.53. The van der Waals surface area contributed by atoms with Crippen molar-refractivity contribution in [3.05, 3.63) is 59.9 Å². The highest BCUT2D eigenvalue weighted by atomic mass is 127. The minimum absolute atomic E-state index is 0. The van der Waals surface area contributed by atoms with Gasteiger partial charge in [0.05, 0.1) is 13.1 Å². The van der Waals surface area contributed by atoms with Crippen LogP contribution in [0, 0.1) is 5.82 Å². The van der Waals surface area contributed by atoms with Crippen molar-refractivity contribution in [3.63, 3.8) is 0 Å². The quantitative estimate of drug-likeness (QED) is 0.355. The van der Waals surface area contributed by atoms with Gasteiger partial charge in [-0.2, -0.15) is 0 Å². The van der Waals surface area contributed by atoms with Crippen LogP contribution < -0.4 is 20.3 Å². The fourth-order valence-electron chi connectivity index (χ4n) is 3.10. The molecule has 0 fully saturated rings. The summed E-state index contributed by atoms with van der Waals surface area (Å²) in [6, 6.07) is 13.9. The van der Waals surface area contributed by atoms with Crippen molar-refractivity contribution in [1.82, 2.24) is 10.6 Å². The maximum atomic E-state index is 12.9. The molecule has 1 heterocycles. The summed E-state index contributed by atoms with van der Waals surface area (Å²) in [6.07, 6.45) is 0.720. The van der Waals surface area contributed by atoms with Crippen LogP contribution in [0.1, 0.15) is 12.5 Å². The van der Waals surface area contributed by atoms with Crippen molar-refractivity contribution >= 4 is 41.5 Å². The van der Waals surface area contributed by atoms with E-state index in [9.17, 15) is 9.18 Å². The Morgan fingerprint density at radius 2 is 1.93 bits per heavy atom. The number of nitrogens with one attached hydrogen (secondary N) is 2. The van der Waals surface area contributed by atoms with Crippen LogP contribution in [-0.2, 0) is 11.2 Å². The van der Waals surface area contributed by atoms with Crippen molar-refractivity contribution in [3.8, 4) is 5.75 Å². The van der Waals surface area contributed by atoms with E-state index in [1.165, 1.54) is 17.7 Å². The molecular formula is C21H26FIN4O2. The average molecular weight is 512 g/mol. The molecule has 8 heteroatoms. The van der Waals surface area contributed by atoms with Crippen molar-refractivity contribution in [2.75, 3.05) is 31.6 Å². The second-order valence-corrected chi connectivity index (χ2v) is 6.61. The number of halogens is 2. The topological polar surface area (TPSA) is 66.0 Å². The number of hydrogen-bond acceptors (Lipinski definition) is 3. The van der Waals surface area contributed by atoms with Gasteiger partial charge in [0.15, 0.2) is 5.96 Å². The molecule has 2 aromatic rings. The third-order valence-corrected chi connectivity index (χ3v) is 4.53. The summed E-state index contributed by atoms with van der Waals surface area (Å²) in [6.45, 7) is 3.24. The van der Waals surface area contributed by atoms with Gasteiger partial charge in [-0.05, 0) is 49.2 Å². The van der Waals surface area contributed by atoms with E-state index in [0.29, 0.717) is 24.8 Å². The molecule has 3 rings (SSSR count). The first-order valence-electron chi connectivity index (χ1n) is 9.32. The molecule has 6 nitrogen and oxygen atoms in total. The Labute approximate surface area is 187 Å². The molecule has 2 N–H and O–H groups in total. The lowest BCUT2D eigenvalue weighted by Gasteiger charge is -2.20. The normalized spacial score (nSPS) is 13.9. The summed E-state index contributed by atoms with van der Waals surface area (Å²) < 4.78 is 18.7. The molecule has 1 unspecified atom stereocenters. The standard InChI is InChI=1S/C21H25FN4O2.HI/c1-15(28-18-9-7-17(22)8-10-18)13-24-21(23-2)25-14-20(27)26-12-11-16-5-3-4-6-19(16)26;/h3-10,15H,11-14H2,1-2H3,(H2,23,24,25);1H. The van der Waals surface area contributed by atoms with E-state index in [1.807, 2.05) is 25.1 Å². The number of anilines is 1. The number of guanidine groups is 1. The lowest BCUT2D eigenvalue weighted by Crippen LogP contribution is -2.46. The second kappa shape index (κ2) is 11.0. The smallest absolute Gasteiger partial charge is 0.246 e. The highest BCUT2D eigenvalue weighted by molar-refractivity contribution is 14.0. The van der Waals surface area contributed by atoms with Crippen LogP contribution >= 0.6 is 24.0 Å². The van der Waals surface area contributed by atoms with Gasteiger partial charge in [-0.3, -0.25) is 9.79 Å². The van der Waals surface area contributed by atoms with Crippen molar-refractivity contribution in [2.45, 2.75) is 19.4 Å². The third kappa shape index (κ3) is 6.31. The van der Waals surface area contributed by atoms with E-state index >= 15 is 0 Å². The SMILES string of the molecule is CN=C(NCC(=O)N1CCc2ccccc21)NCC(C)Oc1ccc(F)cc1.I. The van der Waals surface area contributed by atoms with Gasteiger partial charge in [-0.15, -0.1) is 24.0 Å². The molecule has 0 aromatic heterocycles. The maximum absolute atomic E-state index is 12.9. The number of aliphatic imine (C=N–C) groups is 1. The molecule has 2 aromatic carbocycles. The Hall–Kier alpha value is -2.36. The number of rotatable bonds is 6. The second-order valence-electron chi connectivity index (χ2n) is 6.61. The van der Waals surface area contributed by atoms with Gasteiger partial charge in [0.1, 0.15) is 17.7 Å². The summed E-state index contributed by atoms with van der Waals surface area (Å²) in [5.41, 5.74) is 2.18. The molecular weight excluding hydrogens is 486 g/mol. The molecule has 29 heavy (non-hydrogen) atoms. The number of carbonyl (C=O) groups is 1. The first-order chi connectivity index (χ1) is 13.6. The van der Waals surface area contributed by atoms with Gasteiger partial charge in [-0.1, -0.05) is 18.2 Å². The summed E-state index contributed by atoms with van der Waals surface area (Å²) in [4.78, 5) is 18.5. The Balaban J connectivity index is 0.00000300. The maximum Gasteiger partial charge on any atom is 0.246 e. The molecule has 1 aliphatic rings. The fourth-order valence-corrected chi connectivity index (χ4v) is 3.10. The van der Waals surface area contributed by atoms with E-state index in [2.05, 4.69) is 21.7 Å². The summed E-state index contributed by atoms with van der Waals surface area (Å²) in [5, 5.41) is 6.18. The number of ether oxygens (including phenoxy) is 1. The van der Waals surface area contributed by atoms with Crippen LogP contribution in [-0.4, -0.2) is 44.7 Å². The molecule has 0 spiro atoms. The van der Waals surface area contributed by atoms with Crippen LogP contribution in [0.3, 0.4) is 0 Å². The van der Waals surface area contributed by atoms with Gasteiger partial charge in [0, 0.05) is 19.3 Å². The minimum atomic E-state index is -0.298. The number of carbonyl (C=O) groups excluding carboxylic acids is 1. The number of fused-ring (bicyclic) bond motifs is 1. The van der Waals surface area contributed by atoms with Gasteiger partial charge in [0.25, 0.3) is 0 Å². The van der Waals surface area contributed by atoms with E-state index in [4.69, 9.17) is 4.74 Å². The molecule has 0 saturated heterocycles. The largest absolute Gasteiger partial charge is 0.489 e. The van der Waals surface area contributed by atoms with Gasteiger partial charge >= 0.3 is 0 Å². The molecule has 0 radical (unpaired) electrons. The van der Waals surface area contributed by atoms with E-state index in [-0.39, 0.29) is 48.3 Å². The molecule has 0 aliphatic carbocycles. The molecule has 0 saturated carbocycles. The predicted molar refractivity (Wildman–Crippen MR) is 124 cm³/mol. The van der Waals surface area contributed by atoms with Crippen LogP contribution in [0.4, 0.5) is 10.1 Å². The summed E-state index contributed by atoms with van der Waals surface area (Å²) >= 11 is 0. The van der Waals surface area contributed by atoms with Crippen molar-refractivity contribution in [2.24, 2.45) is 4.99 Å². The fraction of sp³-hybridized carbons (Fsp3) is 0.333. The van der Waals surface area contributed by atoms with Crippen molar-refractivity contribution < 1.29 is 13.9 Å². The average Bonchev–Trinajstić information content (AvgIpc) is 3.14. The number of nitrogens with zero attached hydrogens (tertiary/aromatic N) is 2. The van der Waals surface area contributed by atoms with Crippen LogP contribution in [0.25, 0.3) is 0 Å². The number of amides is 1. The van der Waals surface area contributed by atoms with E-state index in [1.54, 1.807) is 24.1 Å². The molecule has 1 aliphatic heterocycles. The highest BCUT2D eigenvalue weighted by Gasteiger charge is 2.23. The number of benzene rings is 2. The van der Waals surface area contributed by atoms with Gasteiger partial charge in [-0.25, -0.2) is 4.39 Å². The predicted octanol–water partition coefficient (Wildman–Crippen LogP) is 2.97. The lowest BCUT2D eigenvalue weighted by atomic mass is 10.2.